The number of hydrogen-bond donors (Lipinski definition) is 2. The van der Waals surface area contributed by atoms with Gasteiger partial charge in [0.15, 0.2) is 0 Å². The maximum absolute atomic E-state index is 11.5. The molecule has 1 fully saturated rings. The standard InChI is InChI=1S/C10H20N2O3/c1-10(6-15-7-10)5-12-9(13)8(11)3-4-14-2/h8H,3-7,11H2,1-2H3,(H,12,13). The van der Waals surface area contributed by atoms with Crippen LogP contribution in [0, 0.1) is 5.41 Å². The van der Waals surface area contributed by atoms with E-state index in [1.54, 1.807) is 7.11 Å². The minimum atomic E-state index is -0.477. The number of ether oxygens (including phenoxy) is 2. The van der Waals surface area contributed by atoms with Crippen LogP contribution in [0.3, 0.4) is 0 Å². The van der Waals surface area contributed by atoms with Crippen molar-refractivity contribution in [2.75, 3.05) is 33.5 Å². The van der Waals surface area contributed by atoms with Gasteiger partial charge < -0.3 is 20.5 Å². The molecule has 88 valence electrons. The summed E-state index contributed by atoms with van der Waals surface area (Å²) in [6.07, 6.45) is 0.551. The van der Waals surface area contributed by atoms with Crippen LogP contribution in [-0.2, 0) is 14.3 Å². The van der Waals surface area contributed by atoms with Gasteiger partial charge in [0.2, 0.25) is 5.91 Å². The van der Waals surface area contributed by atoms with Crippen LogP contribution in [0.2, 0.25) is 0 Å². The quantitative estimate of drug-likeness (QED) is 0.628. The molecule has 0 aromatic rings. The van der Waals surface area contributed by atoms with E-state index in [1.807, 2.05) is 0 Å². The highest BCUT2D eigenvalue weighted by Gasteiger charge is 2.33. The molecule has 0 spiro atoms. The minimum absolute atomic E-state index is 0.0939. The van der Waals surface area contributed by atoms with Crippen LogP contribution >= 0.6 is 0 Å². The Morgan fingerprint density at radius 3 is 2.80 bits per heavy atom. The van der Waals surface area contributed by atoms with Crippen LogP contribution in [0.1, 0.15) is 13.3 Å². The fourth-order valence-corrected chi connectivity index (χ4v) is 1.36. The average Bonchev–Trinajstić information content (AvgIpc) is 2.19. The summed E-state index contributed by atoms with van der Waals surface area (Å²) in [5, 5.41) is 2.83. The van der Waals surface area contributed by atoms with E-state index >= 15 is 0 Å². The maximum Gasteiger partial charge on any atom is 0.237 e. The van der Waals surface area contributed by atoms with E-state index in [9.17, 15) is 4.79 Å². The molecule has 1 aliphatic heterocycles. The number of carbonyl (C=O) groups excluding carboxylic acids is 1. The molecule has 1 unspecified atom stereocenters. The summed E-state index contributed by atoms with van der Waals surface area (Å²) < 4.78 is 9.95. The lowest BCUT2D eigenvalue weighted by atomic mass is 9.88. The highest BCUT2D eigenvalue weighted by Crippen LogP contribution is 2.24. The molecule has 0 bridgehead atoms. The summed E-state index contributed by atoms with van der Waals surface area (Å²) in [5.41, 5.74) is 5.76. The van der Waals surface area contributed by atoms with Gasteiger partial charge in [-0.3, -0.25) is 4.79 Å². The Hall–Kier alpha value is -0.650. The van der Waals surface area contributed by atoms with Crippen molar-refractivity contribution in [3.05, 3.63) is 0 Å². The third-order valence-corrected chi connectivity index (χ3v) is 2.56. The summed E-state index contributed by atoms with van der Waals surface area (Å²) in [5.74, 6) is -0.111. The molecule has 1 aliphatic rings. The van der Waals surface area contributed by atoms with Gasteiger partial charge in [0, 0.05) is 25.7 Å². The van der Waals surface area contributed by atoms with Crippen LogP contribution in [0.25, 0.3) is 0 Å². The van der Waals surface area contributed by atoms with E-state index in [0.29, 0.717) is 32.8 Å². The zero-order chi connectivity index (χ0) is 11.3. The Morgan fingerprint density at radius 1 is 1.67 bits per heavy atom. The molecule has 0 aromatic heterocycles. The number of methoxy groups -OCH3 is 1. The first-order chi connectivity index (χ1) is 7.07. The predicted molar refractivity (Wildman–Crippen MR) is 56.4 cm³/mol. The molecular weight excluding hydrogens is 196 g/mol. The fraction of sp³-hybridized carbons (Fsp3) is 0.900. The Morgan fingerprint density at radius 2 is 2.33 bits per heavy atom. The van der Waals surface area contributed by atoms with Gasteiger partial charge in [-0.2, -0.15) is 0 Å². The van der Waals surface area contributed by atoms with Gasteiger partial charge in [-0.05, 0) is 6.42 Å². The average molecular weight is 216 g/mol. The first kappa shape index (κ1) is 12.4. The summed E-state index contributed by atoms with van der Waals surface area (Å²) in [6, 6.07) is -0.477. The molecule has 0 aliphatic carbocycles. The van der Waals surface area contributed by atoms with Crippen molar-refractivity contribution in [3.8, 4) is 0 Å². The van der Waals surface area contributed by atoms with Gasteiger partial charge in [0.1, 0.15) is 0 Å². The maximum atomic E-state index is 11.5. The number of rotatable bonds is 6. The minimum Gasteiger partial charge on any atom is -0.385 e. The molecule has 1 saturated heterocycles. The number of carbonyl (C=O) groups is 1. The molecule has 15 heavy (non-hydrogen) atoms. The van der Waals surface area contributed by atoms with Gasteiger partial charge in [0.05, 0.1) is 19.3 Å². The predicted octanol–water partition coefficient (Wildman–Crippen LogP) is -0.497. The van der Waals surface area contributed by atoms with E-state index in [0.717, 1.165) is 0 Å². The van der Waals surface area contributed by atoms with E-state index < -0.39 is 6.04 Å². The first-order valence-electron chi connectivity index (χ1n) is 5.17. The number of nitrogens with one attached hydrogen (secondary N) is 1. The lowest BCUT2D eigenvalue weighted by Crippen LogP contribution is -2.51. The second-order valence-electron chi connectivity index (χ2n) is 4.41. The molecule has 1 heterocycles. The smallest absolute Gasteiger partial charge is 0.237 e. The largest absolute Gasteiger partial charge is 0.385 e. The second kappa shape index (κ2) is 5.44. The van der Waals surface area contributed by atoms with Crippen LogP contribution in [0.4, 0.5) is 0 Å². The molecule has 1 amide bonds. The van der Waals surface area contributed by atoms with Crippen LogP contribution in [-0.4, -0.2) is 45.4 Å². The van der Waals surface area contributed by atoms with E-state index in [2.05, 4.69) is 12.2 Å². The third-order valence-electron chi connectivity index (χ3n) is 2.56. The van der Waals surface area contributed by atoms with Crippen molar-refractivity contribution >= 4 is 5.91 Å². The highest BCUT2D eigenvalue weighted by atomic mass is 16.5. The monoisotopic (exact) mass is 216 g/mol. The van der Waals surface area contributed by atoms with Crippen molar-refractivity contribution in [1.29, 1.82) is 0 Å². The molecule has 0 radical (unpaired) electrons. The summed E-state index contributed by atoms with van der Waals surface area (Å²) in [7, 11) is 1.59. The topological polar surface area (TPSA) is 73.6 Å². The van der Waals surface area contributed by atoms with Crippen molar-refractivity contribution in [1.82, 2.24) is 5.32 Å². The lowest BCUT2D eigenvalue weighted by molar-refractivity contribution is -0.128. The molecule has 5 nitrogen and oxygen atoms in total. The van der Waals surface area contributed by atoms with E-state index in [-0.39, 0.29) is 11.3 Å². The van der Waals surface area contributed by atoms with E-state index in [1.165, 1.54) is 0 Å². The molecule has 3 N–H and O–H groups in total. The van der Waals surface area contributed by atoms with Crippen molar-refractivity contribution in [3.63, 3.8) is 0 Å². The van der Waals surface area contributed by atoms with Crippen molar-refractivity contribution < 1.29 is 14.3 Å². The Bertz CT molecular complexity index is 217. The van der Waals surface area contributed by atoms with Crippen molar-refractivity contribution in [2.24, 2.45) is 11.1 Å². The van der Waals surface area contributed by atoms with Crippen molar-refractivity contribution in [2.45, 2.75) is 19.4 Å². The molecule has 1 atom stereocenters. The first-order valence-corrected chi connectivity index (χ1v) is 5.17. The SMILES string of the molecule is COCCC(N)C(=O)NCC1(C)COC1. The van der Waals surface area contributed by atoms with Crippen LogP contribution in [0.15, 0.2) is 0 Å². The van der Waals surface area contributed by atoms with Crippen LogP contribution < -0.4 is 11.1 Å². The highest BCUT2D eigenvalue weighted by molar-refractivity contribution is 5.81. The zero-order valence-electron chi connectivity index (χ0n) is 9.41. The molecule has 5 heteroatoms. The summed E-state index contributed by atoms with van der Waals surface area (Å²) in [6.45, 7) is 4.64. The fourth-order valence-electron chi connectivity index (χ4n) is 1.36. The van der Waals surface area contributed by atoms with E-state index in [4.69, 9.17) is 15.2 Å². The number of nitrogens with two attached hydrogens (primary N) is 1. The number of hydrogen-bond acceptors (Lipinski definition) is 4. The normalized spacial score (nSPS) is 20.5. The van der Waals surface area contributed by atoms with Gasteiger partial charge in [-0.15, -0.1) is 0 Å². The second-order valence-corrected chi connectivity index (χ2v) is 4.41. The molecule has 0 saturated carbocycles. The molecular formula is C10H20N2O3. The Balaban J connectivity index is 2.17. The lowest BCUT2D eigenvalue weighted by Gasteiger charge is -2.38. The zero-order valence-corrected chi connectivity index (χ0v) is 9.41. The molecule has 0 aromatic carbocycles. The van der Waals surface area contributed by atoms with Gasteiger partial charge in [0.25, 0.3) is 0 Å². The van der Waals surface area contributed by atoms with Gasteiger partial charge in [-0.25, -0.2) is 0 Å². The third kappa shape index (κ3) is 3.77. The summed E-state index contributed by atoms with van der Waals surface area (Å²) >= 11 is 0. The molecule has 1 rings (SSSR count). The van der Waals surface area contributed by atoms with Crippen LogP contribution in [0.5, 0.6) is 0 Å². The van der Waals surface area contributed by atoms with Gasteiger partial charge in [-0.1, -0.05) is 6.92 Å². The summed E-state index contributed by atoms with van der Waals surface area (Å²) in [4.78, 5) is 11.5. The Kier molecular flexibility index (Phi) is 4.50. The Labute approximate surface area is 90.3 Å². The van der Waals surface area contributed by atoms with Gasteiger partial charge >= 0.3 is 0 Å². The number of amides is 1.